The van der Waals surface area contributed by atoms with Gasteiger partial charge in [-0.15, -0.1) is 0 Å². The van der Waals surface area contributed by atoms with Crippen LogP contribution in [0.2, 0.25) is 0 Å². The van der Waals surface area contributed by atoms with Crippen LogP contribution < -0.4 is 4.74 Å². The zero-order valence-electron chi connectivity index (χ0n) is 11.0. The Kier molecular flexibility index (Phi) is 4.04. The predicted octanol–water partition coefficient (Wildman–Crippen LogP) is 3.17. The fourth-order valence-electron chi connectivity index (χ4n) is 1.83. The van der Waals surface area contributed by atoms with Gasteiger partial charge in [-0.25, -0.2) is 4.79 Å². The average molecular weight is 324 g/mol. The maximum absolute atomic E-state index is 11.2. The molecule has 0 aliphatic rings. The van der Waals surface area contributed by atoms with Crippen molar-refractivity contribution < 1.29 is 14.3 Å². The van der Waals surface area contributed by atoms with Crippen LogP contribution in [0.25, 0.3) is 10.9 Å². The molecule has 0 aliphatic carbocycles. The monoisotopic (exact) mass is 323 g/mol. The number of carbonyl (C=O) groups is 1. The summed E-state index contributed by atoms with van der Waals surface area (Å²) < 4.78 is 11.0. The molecule has 1 heterocycles. The van der Waals surface area contributed by atoms with Gasteiger partial charge in [-0.05, 0) is 47.5 Å². The Labute approximate surface area is 119 Å². The first-order valence-corrected chi connectivity index (χ1v) is 6.57. The van der Waals surface area contributed by atoms with E-state index in [1.54, 1.807) is 0 Å². The molecule has 4 nitrogen and oxygen atoms in total. The molecular weight excluding hydrogens is 310 g/mol. The van der Waals surface area contributed by atoms with Crippen LogP contribution in [0.5, 0.6) is 5.75 Å². The number of aryl methyl sites for hydroxylation is 2. The molecule has 0 aliphatic heterocycles. The number of carbonyl (C=O) groups excluding carboxylic acids is 1. The number of hydrogen-bond acceptors (Lipinski definition) is 4. The van der Waals surface area contributed by atoms with Crippen molar-refractivity contribution in [3.63, 3.8) is 0 Å². The van der Waals surface area contributed by atoms with Gasteiger partial charge in [0, 0.05) is 21.6 Å². The highest BCUT2D eigenvalue weighted by Crippen LogP contribution is 2.31. The van der Waals surface area contributed by atoms with E-state index in [1.807, 2.05) is 32.0 Å². The zero-order valence-corrected chi connectivity index (χ0v) is 12.6. The second kappa shape index (κ2) is 5.57. The third-order valence-electron chi connectivity index (χ3n) is 2.67. The Bertz CT molecular complexity index is 640. The van der Waals surface area contributed by atoms with Crippen molar-refractivity contribution in [3.05, 3.63) is 33.9 Å². The van der Waals surface area contributed by atoms with Crippen LogP contribution in [0.1, 0.15) is 11.3 Å². The smallest absolute Gasteiger partial charge is 0.343 e. The van der Waals surface area contributed by atoms with Gasteiger partial charge in [0.25, 0.3) is 0 Å². The van der Waals surface area contributed by atoms with Gasteiger partial charge in [0.1, 0.15) is 5.75 Å². The molecule has 0 radical (unpaired) electrons. The number of esters is 1. The quantitative estimate of drug-likeness (QED) is 0.814. The van der Waals surface area contributed by atoms with Crippen LogP contribution >= 0.6 is 15.9 Å². The zero-order chi connectivity index (χ0) is 14.0. The van der Waals surface area contributed by atoms with Gasteiger partial charge in [-0.1, -0.05) is 0 Å². The van der Waals surface area contributed by atoms with Crippen LogP contribution in [-0.4, -0.2) is 24.7 Å². The first-order chi connectivity index (χ1) is 9.01. The van der Waals surface area contributed by atoms with Crippen molar-refractivity contribution >= 4 is 32.8 Å². The summed E-state index contributed by atoms with van der Waals surface area (Å²) in [6.07, 6.45) is 0. The summed E-state index contributed by atoms with van der Waals surface area (Å²) in [7, 11) is 1.34. The maximum Gasteiger partial charge on any atom is 0.343 e. The van der Waals surface area contributed by atoms with Crippen LogP contribution in [0, 0.1) is 13.8 Å². The summed E-state index contributed by atoms with van der Waals surface area (Å²) in [6.45, 7) is 3.77. The van der Waals surface area contributed by atoms with Crippen molar-refractivity contribution in [2.24, 2.45) is 0 Å². The van der Waals surface area contributed by atoms with Gasteiger partial charge < -0.3 is 9.47 Å². The van der Waals surface area contributed by atoms with E-state index < -0.39 is 5.97 Å². The number of hydrogen-bond donors (Lipinski definition) is 0. The number of ether oxygens (including phenoxy) is 2. The number of pyridine rings is 1. The summed E-state index contributed by atoms with van der Waals surface area (Å²) in [5.41, 5.74) is 2.75. The first kappa shape index (κ1) is 13.8. The first-order valence-electron chi connectivity index (χ1n) is 5.78. The molecule has 0 saturated heterocycles. The highest BCUT2D eigenvalue weighted by atomic mass is 79.9. The summed E-state index contributed by atoms with van der Waals surface area (Å²) in [5.74, 6) is 0.228. The van der Waals surface area contributed by atoms with E-state index in [-0.39, 0.29) is 6.61 Å². The lowest BCUT2D eigenvalue weighted by atomic mass is 10.1. The molecule has 100 valence electrons. The molecule has 0 atom stereocenters. The third kappa shape index (κ3) is 3.04. The largest absolute Gasteiger partial charge is 0.481 e. The van der Waals surface area contributed by atoms with E-state index in [0.29, 0.717) is 5.75 Å². The number of halogens is 1. The molecule has 0 saturated carbocycles. The van der Waals surface area contributed by atoms with Gasteiger partial charge in [-0.3, -0.25) is 4.98 Å². The normalized spacial score (nSPS) is 10.5. The fourth-order valence-corrected chi connectivity index (χ4v) is 2.49. The van der Waals surface area contributed by atoms with Crippen molar-refractivity contribution in [1.82, 2.24) is 4.98 Å². The molecule has 0 amide bonds. The van der Waals surface area contributed by atoms with Crippen molar-refractivity contribution in [1.29, 1.82) is 0 Å². The average Bonchev–Trinajstić information content (AvgIpc) is 2.36. The van der Waals surface area contributed by atoms with E-state index in [1.165, 1.54) is 7.11 Å². The number of methoxy groups -OCH3 is 1. The lowest BCUT2D eigenvalue weighted by molar-refractivity contribution is -0.142. The topological polar surface area (TPSA) is 48.4 Å². The molecule has 5 heteroatoms. The number of fused-ring (bicyclic) bond motifs is 1. The minimum atomic E-state index is -0.408. The van der Waals surface area contributed by atoms with E-state index in [2.05, 4.69) is 25.7 Å². The molecule has 0 N–H and O–H groups in total. The van der Waals surface area contributed by atoms with E-state index >= 15 is 0 Å². The Morgan fingerprint density at radius 1 is 1.32 bits per heavy atom. The minimum Gasteiger partial charge on any atom is -0.481 e. The number of nitrogens with zero attached hydrogens (tertiary/aromatic N) is 1. The molecule has 0 spiro atoms. The maximum atomic E-state index is 11.2. The number of benzene rings is 1. The highest BCUT2D eigenvalue weighted by Gasteiger charge is 2.10. The molecule has 2 rings (SSSR count). The molecule has 0 fully saturated rings. The Hall–Kier alpha value is -1.62. The lowest BCUT2D eigenvalue weighted by Gasteiger charge is -2.11. The SMILES string of the molecule is COC(=O)COc1cc(C)nc2c(Br)cc(C)cc12. The second-order valence-electron chi connectivity index (χ2n) is 4.27. The van der Waals surface area contributed by atoms with Gasteiger partial charge in [0.2, 0.25) is 0 Å². The third-order valence-corrected chi connectivity index (χ3v) is 3.28. The Morgan fingerprint density at radius 2 is 2.05 bits per heavy atom. The number of aromatic nitrogens is 1. The molecule has 2 aromatic rings. The predicted molar refractivity (Wildman–Crippen MR) is 76.4 cm³/mol. The van der Waals surface area contributed by atoms with Crippen LogP contribution in [0.3, 0.4) is 0 Å². The van der Waals surface area contributed by atoms with Crippen molar-refractivity contribution in [2.75, 3.05) is 13.7 Å². The van der Waals surface area contributed by atoms with E-state index in [4.69, 9.17) is 4.74 Å². The molecule has 1 aromatic heterocycles. The second-order valence-corrected chi connectivity index (χ2v) is 5.12. The van der Waals surface area contributed by atoms with Crippen LogP contribution in [0.4, 0.5) is 0 Å². The molecule has 0 bridgehead atoms. The van der Waals surface area contributed by atoms with Crippen LogP contribution in [-0.2, 0) is 9.53 Å². The van der Waals surface area contributed by atoms with E-state index in [0.717, 1.165) is 26.6 Å². The molecular formula is C14H14BrNO3. The Balaban J connectivity index is 2.50. The van der Waals surface area contributed by atoms with Gasteiger partial charge in [0.05, 0.1) is 12.6 Å². The molecule has 1 aromatic carbocycles. The lowest BCUT2D eigenvalue weighted by Crippen LogP contribution is -2.13. The molecule has 19 heavy (non-hydrogen) atoms. The highest BCUT2D eigenvalue weighted by molar-refractivity contribution is 9.10. The van der Waals surface area contributed by atoms with Crippen molar-refractivity contribution in [2.45, 2.75) is 13.8 Å². The summed E-state index contributed by atoms with van der Waals surface area (Å²) in [4.78, 5) is 15.6. The fraction of sp³-hybridized carbons (Fsp3) is 0.286. The van der Waals surface area contributed by atoms with Crippen molar-refractivity contribution in [3.8, 4) is 5.75 Å². The minimum absolute atomic E-state index is 0.111. The van der Waals surface area contributed by atoms with Gasteiger partial charge in [0.15, 0.2) is 6.61 Å². The van der Waals surface area contributed by atoms with Gasteiger partial charge >= 0.3 is 5.97 Å². The summed E-state index contributed by atoms with van der Waals surface area (Å²) in [6, 6.07) is 5.80. The standard InChI is InChI=1S/C14H14BrNO3/c1-8-4-10-12(19-7-13(17)18-3)6-9(2)16-14(10)11(15)5-8/h4-6H,7H2,1-3H3. The number of rotatable bonds is 3. The summed E-state index contributed by atoms with van der Waals surface area (Å²) >= 11 is 3.50. The summed E-state index contributed by atoms with van der Waals surface area (Å²) in [5, 5.41) is 0.876. The van der Waals surface area contributed by atoms with Gasteiger partial charge in [-0.2, -0.15) is 0 Å². The Morgan fingerprint density at radius 3 is 2.74 bits per heavy atom. The molecule has 0 unspecified atom stereocenters. The van der Waals surface area contributed by atoms with E-state index in [9.17, 15) is 4.79 Å². The van der Waals surface area contributed by atoms with Crippen LogP contribution in [0.15, 0.2) is 22.7 Å².